The van der Waals surface area contributed by atoms with Crippen LogP contribution in [-0.4, -0.2) is 57.9 Å². The van der Waals surface area contributed by atoms with Gasteiger partial charge in [-0.05, 0) is 74.4 Å². The largest absolute Gasteiger partial charge is 0.393 e. The molecule has 0 saturated heterocycles. The second-order valence-corrected chi connectivity index (χ2v) is 13.5. The molecule has 1 saturated carbocycles. The number of benzene rings is 2. The minimum Gasteiger partial charge on any atom is -0.393 e. The fourth-order valence-electron chi connectivity index (χ4n) is 5.43. The number of halogens is 1. The summed E-state index contributed by atoms with van der Waals surface area (Å²) in [4.78, 5) is 22.3. The second kappa shape index (κ2) is 14.0. The summed E-state index contributed by atoms with van der Waals surface area (Å²) in [7, 11) is -4.08. The first-order chi connectivity index (χ1) is 21.6. The molecular weight excluding hydrogens is 597 g/mol. The molecular formula is C32H40FN7O4S. The lowest BCUT2D eigenvalue weighted by molar-refractivity contribution is -0.118. The van der Waals surface area contributed by atoms with E-state index in [-0.39, 0.29) is 23.0 Å². The molecule has 240 valence electrons. The van der Waals surface area contributed by atoms with Gasteiger partial charge in [-0.15, -0.1) is 0 Å². The number of carbonyl (C=O) groups is 1. The van der Waals surface area contributed by atoms with Crippen LogP contribution >= 0.6 is 0 Å². The molecule has 0 bridgehead atoms. The number of hydrogen-bond acceptors (Lipinski definition) is 8. The Kier molecular flexibility index (Phi) is 10.1. The Morgan fingerprint density at radius 3 is 2.40 bits per heavy atom. The number of aromatic nitrogens is 4. The Bertz CT molecular complexity index is 1720. The topological polar surface area (TPSA) is 151 Å². The van der Waals surface area contributed by atoms with E-state index in [0.717, 1.165) is 37.6 Å². The molecule has 2 aromatic carbocycles. The maximum atomic E-state index is 13.4. The molecule has 1 aliphatic rings. The smallest absolute Gasteiger partial charge is 0.242 e. The van der Waals surface area contributed by atoms with E-state index in [1.807, 2.05) is 4.68 Å². The number of anilines is 2. The molecule has 1 amide bonds. The molecule has 4 N–H and O–H groups in total. The number of amides is 1. The molecule has 1 fully saturated rings. The zero-order valence-electron chi connectivity index (χ0n) is 25.7. The maximum Gasteiger partial charge on any atom is 0.242 e. The van der Waals surface area contributed by atoms with Gasteiger partial charge in [-0.1, -0.05) is 39.3 Å². The Balaban J connectivity index is 1.40. The fraction of sp³-hybridized carbons (Fsp3) is 0.438. The number of hydrogen-bond donors (Lipinski definition) is 4. The molecule has 1 atom stereocenters. The number of carbonyl (C=O) groups excluding carboxylic acids is 1. The molecule has 2 aromatic heterocycles. The van der Waals surface area contributed by atoms with Crippen molar-refractivity contribution in [3.05, 3.63) is 60.5 Å². The van der Waals surface area contributed by atoms with Gasteiger partial charge in [0.1, 0.15) is 17.6 Å². The monoisotopic (exact) mass is 637 g/mol. The van der Waals surface area contributed by atoms with Crippen molar-refractivity contribution in [2.24, 2.45) is 5.92 Å². The molecule has 0 aliphatic heterocycles. The summed E-state index contributed by atoms with van der Waals surface area (Å²) in [5.41, 5.74) is 2.37. The first-order valence-electron chi connectivity index (χ1n) is 15.4. The molecule has 2 heterocycles. The Labute approximate surface area is 262 Å². The van der Waals surface area contributed by atoms with Crippen LogP contribution in [0.5, 0.6) is 0 Å². The van der Waals surface area contributed by atoms with Crippen LogP contribution in [0.4, 0.5) is 16.0 Å². The highest BCUT2D eigenvalue weighted by Crippen LogP contribution is 2.35. The van der Waals surface area contributed by atoms with Gasteiger partial charge in [0, 0.05) is 24.0 Å². The predicted molar refractivity (Wildman–Crippen MR) is 172 cm³/mol. The van der Waals surface area contributed by atoms with Crippen LogP contribution in [0.3, 0.4) is 0 Å². The summed E-state index contributed by atoms with van der Waals surface area (Å²) in [6.45, 7) is 6.35. The fourth-order valence-corrected chi connectivity index (χ4v) is 6.77. The zero-order chi connectivity index (χ0) is 32.1. The first kappa shape index (κ1) is 32.5. The summed E-state index contributed by atoms with van der Waals surface area (Å²) >= 11 is 0. The highest BCUT2D eigenvalue weighted by atomic mass is 32.2. The van der Waals surface area contributed by atoms with Gasteiger partial charge in [0.15, 0.2) is 5.65 Å². The van der Waals surface area contributed by atoms with E-state index in [1.165, 1.54) is 36.4 Å². The van der Waals surface area contributed by atoms with E-state index < -0.39 is 27.8 Å². The van der Waals surface area contributed by atoms with E-state index in [1.54, 1.807) is 32.2 Å². The molecule has 45 heavy (non-hydrogen) atoms. The van der Waals surface area contributed by atoms with Gasteiger partial charge in [-0.25, -0.2) is 22.5 Å². The number of rotatable bonds is 12. The zero-order valence-corrected chi connectivity index (χ0v) is 26.5. The number of nitrogens with zero attached hydrogens (tertiary/aromatic N) is 4. The molecule has 4 aromatic rings. The van der Waals surface area contributed by atoms with Crippen LogP contribution in [0.2, 0.25) is 0 Å². The minimum atomic E-state index is -4.08. The van der Waals surface area contributed by atoms with Crippen LogP contribution in [0, 0.1) is 11.7 Å². The van der Waals surface area contributed by atoms with Crippen molar-refractivity contribution in [3.8, 4) is 11.3 Å². The third kappa shape index (κ3) is 7.66. The van der Waals surface area contributed by atoms with Gasteiger partial charge in [0.25, 0.3) is 0 Å². The second-order valence-electron chi connectivity index (χ2n) is 11.8. The molecule has 11 nitrogen and oxygen atoms in total. The highest BCUT2D eigenvalue weighted by Gasteiger charge is 2.29. The lowest BCUT2D eigenvalue weighted by Gasteiger charge is -2.25. The number of aliphatic hydroxyl groups is 1. The Hall–Kier alpha value is -3.94. The van der Waals surface area contributed by atoms with Gasteiger partial charge in [-0.3, -0.25) is 4.79 Å². The summed E-state index contributed by atoms with van der Waals surface area (Å²) < 4.78 is 44.5. The quantitative estimate of drug-likeness (QED) is 0.154. The van der Waals surface area contributed by atoms with E-state index >= 15 is 0 Å². The molecule has 1 unspecified atom stereocenters. The van der Waals surface area contributed by atoms with Crippen LogP contribution in [0.15, 0.2) is 59.6 Å². The van der Waals surface area contributed by atoms with Gasteiger partial charge >= 0.3 is 0 Å². The van der Waals surface area contributed by atoms with Crippen molar-refractivity contribution < 1.29 is 22.7 Å². The van der Waals surface area contributed by atoms with E-state index in [2.05, 4.69) is 27.3 Å². The van der Waals surface area contributed by atoms with Crippen molar-refractivity contribution >= 4 is 38.6 Å². The maximum absolute atomic E-state index is 13.4. The van der Waals surface area contributed by atoms with Crippen LogP contribution in [0.25, 0.3) is 22.3 Å². The average molecular weight is 638 g/mol. The SMILES string of the molecule is CCCCNc1ncc2c(-c3ccc(S(=O)(=O)NC(C(=O)Nc4ccc(F)cc4)C(C)C)cc3)nn([C@H]3CC[C@H](O)CC3)c2n1. The minimum absolute atomic E-state index is 0.00449. The molecule has 5 rings (SSSR count). The van der Waals surface area contributed by atoms with Gasteiger partial charge in [-0.2, -0.15) is 14.8 Å². The van der Waals surface area contributed by atoms with Gasteiger partial charge in [0.2, 0.25) is 21.9 Å². The molecule has 0 spiro atoms. The molecule has 13 heteroatoms. The van der Waals surface area contributed by atoms with Crippen molar-refractivity contribution in [1.82, 2.24) is 24.5 Å². The van der Waals surface area contributed by atoms with Crippen LogP contribution < -0.4 is 15.4 Å². The number of unbranched alkanes of at least 4 members (excludes halogenated alkanes) is 1. The lowest BCUT2D eigenvalue weighted by atomic mass is 9.93. The van der Waals surface area contributed by atoms with Crippen molar-refractivity contribution in [2.75, 3.05) is 17.2 Å². The number of sulfonamides is 1. The summed E-state index contributed by atoms with van der Waals surface area (Å²) in [6, 6.07) is 10.6. The standard InChI is InChI=1S/C32H40FN7O4S/c1-4-5-18-34-32-35-19-27-29(38-40(30(27)37-32)24-12-14-25(41)15-13-24)21-6-16-26(17-7-21)45(43,44)39-28(20(2)3)31(42)36-23-10-8-22(33)9-11-23/h6-11,16-17,19-20,24-25,28,39,41H,4-5,12-15,18H2,1-3H3,(H,36,42)(H,34,35,37)/t24-,25-,28?. The molecule has 1 aliphatic carbocycles. The third-order valence-electron chi connectivity index (χ3n) is 8.06. The summed E-state index contributed by atoms with van der Waals surface area (Å²) in [6.07, 6.45) is 6.39. The predicted octanol–water partition coefficient (Wildman–Crippen LogP) is 5.26. The summed E-state index contributed by atoms with van der Waals surface area (Å²) in [5.74, 6) is -0.831. The van der Waals surface area contributed by atoms with Crippen LogP contribution in [-0.2, 0) is 14.8 Å². The van der Waals surface area contributed by atoms with Crippen molar-refractivity contribution in [1.29, 1.82) is 0 Å². The Morgan fingerprint density at radius 1 is 1.07 bits per heavy atom. The van der Waals surface area contributed by atoms with Gasteiger partial charge < -0.3 is 15.7 Å². The van der Waals surface area contributed by atoms with Crippen molar-refractivity contribution in [2.45, 2.75) is 82.4 Å². The molecule has 0 radical (unpaired) electrons. The van der Waals surface area contributed by atoms with E-state index in [4.69, 9.17) is 10.1 Å². The highest BCUT2D eigenvalue weighted by molar-refractivity contribution is 7.89. The van der Waals surface area contributed by atoms with Crippen molar-refractivity contribution in [3.63, 3.8) is 0 Å². The van der Waals surface area contributed by atoms with Crippen LogP contribution in [0.1, 0.15) is 65.3 Å². The average Bonchev–Trinajstić information content (AvgIpc) is 3.40. The van der Waals surface area contributed by atoms with Gasteiger partial charge in [0.05, 0.1) is 22.4 Å². The number of fused-ring (bicyclic) bond motifs is 1. The van der Waals surface area contributed by atoms with E-state index in [0.29, 0.717) is 41.4 Å². The number of nitrogens with one attached hydrogen (secondary N) is 3. The Morgan fingerprint density at radius 2 is 1.76 bits per heavy atom. The first-order valence-corrected chi connectivity index (χ1v) is 16.9. The lowest BCUT2D eigenvalue weighted by Crippen LogP contribution is -2.47. The normalized spacial score (nSPS) is 17.8. The van der Waals surface area contributed by atoms with E-state index in [9.17, 15) is 22.7 Å². The third-order valence-corrected chi connectivity index (χ3v) is 9.51. The summed E-state index contributed by atoms with van der Waals surface area (Å²) in [5, 5.41) is 21.7. The number of aliphatic hydroxyl groups excluding tert-OH is 1.